The van der Waals surface area contributed by atoms with E-state index in [1.54, 1.807) is 0 Å². The lowest BCUT2D eigenvalue weighted by molar-refractivity contribution is 1.01. The third-order valence-corrected chi connectivity index (χ3v) is 3.54. The van der Waals surface area contributed by atoms with Gasteiger partial charge in [-0.1, -0.05) is 29.8 Å². The zero-order valence-electron chi connectivity index (χ0n) is 11.4. The molecule has 3 heteroatoms. The van der Waals surface area contributed by atoms with E-state index in [0.717, 1.165) is 27.9 Å². The number of nitrogens with two attached hydrogens (primary N) is 2. The number of hydrogen-bond donors (Lipinski definition) is 2. The van der Waals surface area contributed by atoms with E-state index in [2.05, 4.69) is 30.1 Å². The quantitative estimate of drug-likeness (QED) is 0.697. The molecule has 4 N–H and O–H groups in total. The average molecular weight is 263 g/mol. The van der Waals surface area contributed by atoms with Gasteiger partial charge in [0.15, 0.2) is 0 Å². The van der Waals surface area contributed by atoms with Gasteiger partial charge in [0, 0.05) is 29.4 Å². The molecular weight excluding hydrogens is 246 g/mol. The maximum Gasteiger partial charge on any atom is 0.0618 e. The van der Waals surface area contributed by atoms with E-state index in [4.69, 9.17) is 11.5 Å². The first-order valence-corrected chi connectivity index (χ1v) is 6.63. The third-order valence-electron chi connectivity index (χ3n) is 3.54. The van der Waals surface area contributed by atoms with E-state index >= 15 is 0 Å². The van der Waals surface area contributed by atoms with E-state index in [0.29, 0.717) is 6.54 Å². The first kappa shape index (κ1) is 12.6. The van der Waals surface area contributed by atoms with Crippen LogP contribution < -0.4 is 11.5 Å². The molecule has 0 aliphatic rings. The van der Waals surface area contributed by atoms with Gasteiger partial charge < -0.3 is 11.5 Å². The molecule has 0 spiro atoms. The van der Waals surface area contributed by atoms with Gasteiger partial charge in [-0.05, 0) is 36.1 Å². The Morgan fingerprint density at radius 3 is 2.45 bits per heavy atom. The highest BCUT2D eigenvalue weighted by atomic mass is 14.7. The highest BCUT2D eigenvalue weighted by Crippen LogP contribution is 2.30. The number of rotatable bonds is 2. The van der Waals surface area contributed by atoms with Gasteiger partial charge in [-0.25, -0.2) is 0 Å². The number of nitrogen functional groups attached to an aromatic ring is 1. The maximum atomic E-state index is 5.80. The van der Waals surface area contributed by atoms with Gasteiger partial charge in [0.25, 0.3) is 0 Å². The Hall–Kier alpha value is -2.39. The molecule has 20 heavy (non-hydrogen) atoms. The lowest BCUT2D eigenvalue weighted by Crippen LogP contribution is -2.01. The molecule has 0 saturated heterocycles. The average Bonchev–Trinajstić information content (AvgIpc) is 2.47. The molecule has 1 aromatic heterocycles. The Morgan fingerprint density at radius 1 is 1.00 bits per heavy atom. The topological polar surface area (TPSA) is 64.9 Å². The molecule has 0 aliphatic heterocycles. The number of hydrogen-bond acceptors (Lipinski definition) is 3. The zero-order chi connectivity index (χ0) is 14.1. The maximum absolute atomic E-state index is 5.80. The summed E-state index contributed by atoms with van der Waals surface area (Å²) in [4.78, 5) is 4.51. The summed E-state index contributed by atoms with van der Waals surface area (Å²) < 4.78 is 0. The molecule has 0 fully saturated rings. The summed E-state index contributed by atoms with van der Waals surface area (Å²) in [5, 5.41) is 2.30. The van der Waals surface area contributed by atoms with E-state index < -0.39 is 0 Å². The number of aryl methyl sites for hydroxylation is 1. The fraction of sp³-hybridized carbons (Fsp3) is 0.118. The summed E-state index contributed by atoms with van der Waals surface area (Å²) in [6, 6.07) is 14.3. The Morgan fingerprint density at radius 2 is 1.75 bits per heavy atom. The van der Waals surface area contributed by atoms with E-state index in [9.17, 15) is 0 Å². The summed E-state index contributed by atoms with van der Waals surface area (Å²) in [5.74, 6) is 0. The molecule has 0 aliphatic carbocycles. The van der Waals surface area contributed by atoms with Crippen molar-refractivity contribution in [3.05, 3.63) is 59.9 Å². The van der Waals surface area contributed by atoms with E-state index in [1.807, 2.05) is 30.5 Å². The second-order valence-corrected chi connectivity index (χ2v) is 4.99. The zero-order valence-corrected chi connectivity index (χ0v) is 11.4. The van der Waals surface area contributed by atoms with Crippen molar-refractivity contribution in [3.8, 4) is 11.1 Å². The van der Waals surface area contributed by atoms with Crippen LogP contribution in [0.25, 0.3) is 21.9 Å². The fourth-order valence-corrected chi connectivity index (χ4v) is 2.47. The minimum Gasteiger partial charge on any atom is -0.399 e. The molecule has 3 aromatic rings. The number of anilines is 1. The number of aromatic nitrogens is 1. The van der Waals surface area contributed by atoms with Gasteiger partial charge in [0.1, 0.15) is 0 Å². The van der Waals surface area contributed by atoms with Gasteiger partial charge in [-0.3, -0.25) is 4.98 Å². The molecule has 0 amide bonds. The van der Waals surface area contributed by atoms with Crippen molar-refractivity contribution >= 4 is 16.5 Å². The number of pyridine rings is 1. The summed E-state index contributed by atoms with van der Waals surface area (Å²) in [6.45, 7) is 2.53. The molecule has 0 unspecified atom stereocenters. The normalized spacial score (nSPS) is 10.9. The second kappa shape index (κ2) is 4.94. The summed E-state index contributed by atoms with van der Waals surface area (Å²) >= 11 is 0. The molecule has 0 bridgehead atoms. The molecule has 3 rings (SSSR count). The third kappa shape index (κ3) is 2.12. The highest BCUT2D eigenvalue weighted by Gasteiger charge is 2.08. The Labute approximate surface area is 118 Å². The minimum absolute atomic E-state index is 0.446. The second-order valence-electron chi connectivity index (χ2n) is 4.99. The van der Waals surface area contributed by atoms with E-state index in [-0.39, 0.29) is 0 Å². The van der Waals surface area contributed by atoms with E-state index in [1.165, 1.54) is 10.9 Å². The van der Waals surface area contributed by atoms with Crippen LogP contribution in [0.4, 0.5) is 5.69 Å². The predicted molar refractivity (Wildman–Crippen MR) is 84.2 cm³/mol. The largest absolute Gasteiger partial charge is 0.399 e. The van der Waals surface area contributed by atoms with Crippen LogP contribution in [0, 0.1) is 6.92 Å². The Bertz CT molecular complexity index is 761. The van der Waals surface area contributed by atoms with Crippen LogP contribution in [0.1, 0.15) is 11.3 Å². The van der Waals surface area contributed by atoms with Crippen molar-refractivity contribution in [2.75, 3.05) is 5.73 Å². The van der Waals surface area contributed by atoms with Crippen molar-refractivity contribution < 1.29 is 0 Å². The minimum atomic E-state index is 0.446. The van der Waals surface area contributed by atoms with Crippen LogP contribution in [0.5, 0.6) is 0 Å². The van der Waals surface area contributed by atoms with Gasteiger partial charge in [-0.15, -0.1) is 0 Å². The molecule has 0 atom stereocenters. The smallest absolute Gasteiger partial charge is 0.0618 e. The van der Waals surface area contributed by atoms with Crippen LogP contribution in [-0.4, -0.2) is 4.98 Å². The lowest BCUT2D eigenvalue weighted by atomic mass is 9.98. The van der Waals surface area contributed by atoms with Crippen LogP contribution >= 0.6 is 0 Å². The number of fused-ring (bicyclic) bond motifs is 1. The number of benzene rings is 2. The van der Waals surface area contributed by atoms with Crippen LogP contribution in [0.15, 0.2) is 48.7 Å². The molecule has 100 valence electrons. The van der Waals surface area contributed by atoms with Crippen molar-refractivity contribution in [3.63, 3.8) is 0 Å². The van der Waals surface area contributed by atoms with Gasteiger partial charge in [-0.2, -0.15) is 0 Å². The molecule has 0 saturated carbocycles. The number of nitrogens with zero attached hydrogens (tertiary/aromatic N) is 1. The van der Waals surface area contributed by atoms with Gasteiger partial charge in [0.2, 0.25) is 0 Å². The first-order chi connectivity index (χ1) is 9.69. The van der Waals surface area contributed by atoms with Crippen molar-refractivity contribution in [1.29, 1.82) is 0 Å². The van der Waals surface area contributed by atoms with Crippen molar-refractivity contribution in [1.82, 2.24) is 4.98 Å². The van der Waals surface area contributed by atoms with Gasteiger partial charge >= 0.3 is 0 Å². The molecule has 2 aromatic carbocycles. The standard InChI is InChI=1S/C17H17N3/c1-11-2-7-14-15(8-11)17(9-18)20-10-16(14)12-3-5-13(19)6-4-12/h2-8,10H,9,18-19H2,1H3. The monoisotopic (exact) mass is 263 g/mol. The van der Waals surface area contributed by atoms with Crippen LogP contribution in [-0.2, 0) is 6.54 Å². The lowest BCUT2D eigenvalue weighted by Gasteiger charge is -2.11. The first-order valence-electron chi connectivity index (χ1n) is 6.63. The van der Waals surface area contributed by atoms with Crippen molar-refractivity contribution in [2.45, 2.75) is 13.5 Å². The van der Waals surface area contributed by atoms with Crippen LogP contribution in [0.2, 0.25) is 0 Å². The Balaban J connectivity index is 2.29. The molecular formula is C17H17N3. The van der Waals surface area contributed by atoms with Gasteiger partial charge in [0.05, 0.1) is 5.69 Å². The fourth-order valence-electron chi connectivity index (χ4n) is 2.47. The van der Waals surface area contributed by atoms with Crippen molar-refractivity contribution in [2.24, 2.45) is 5.73 Å². The highest BCUT2D eigenvalue weighted by molar-refractivity contribution is 5.97. The molecule has 0 radical (unpaired) electrons. The van der Waals surface area contributed by atoms with Crippen LogP contribution in [0.3, 0.4) is 0 Å². The summed E-state index contributed by atoms with van der Waals surface area (Å²) in [5.41, 5.74) is 16.7. The Kier molecular flexibility index (Phi) is 3.12. The summed E-state index contributed by atoms with van der Waals surface area (Å²) in [7, 11) is 0. The summed E-state index contributed by atoms with van der Waals surface area (Å²) in [6.07, 6.45) is 1.89. The SMILES string of the molecule is Cc1ccc2c(-c3ccc(N)cc3)cnc(CN)c2c1. The molecule has 1 heterocycles. The molecule has 3 nitrogen and oxygen atoms in total. The predicted octanol–water partition coefficient (Wildman–Crippen LogP) is 3.25.